The van der Waals surface area contributed by atoms with Crippen molar-refractivity contribution in [1.29, 1.82) is 0 Å². The van der Waals surface area contributed by atoms with E-state index in [2.05, 4.69) is 23.6 Å². The van der Waals surface area contributed by atoms with Crippen molar-refractivity contribution in [3.63, 3.8) is 0 Å². The summed E-state index contributed by atoms with van der Waals surface area (Å²) in [6.07, 6.45) is 0. The molecule has 0 aliphatic rings. The molecule has 4 N–H and O–H groups in total. The average Bonchev–Trinajstić information content (AvgIpc) is 0.918. The molecule has 0 aromatic rings. The van der Waals surface area contributed by atoms with Crippen molar-refractivity contribution in [2.75, 3.05) is 0 Å². The van der Waals surface area contributed by atoms with Crippen LogP contribution in [-0.2, 0) is 21.1 Å². The molecular formula is H4Cl2N2Pt. The monoisotopic (exact) mass is 297 g/mol. The van der Waals surface area contributed by atoms with Gasteiger partial charge in [-0.1, -0.05) is 0 Å². The zero-order valence-corrected chi connectivity index (χ0v) is 6.06. The van der Waals surface area contributed by atoms with Crippen molar-refractivity contribution in [3.05, 3.63) is 0 Å². The van der Waals surface area contributed by atoms with Gasteiger partial charge in [0.05, 0.1) is 0 Å². The second-order valence-corrected chi connectivity index (χ2v) is 0.643. The minimum Gasteiger partial charge on any atom is -0.344 e. The largest absolute Gasteiger partial charge is 0.344 e. The summed E-state index contributed by atoms with van der Waals surface area (Å²) in [6.45, 7) is 0. The molecule has 0 fully saturated rings. The second kappa shape index (κ2) is 19.0. The van der Waals surface area contributed by atoms with Crippen LogP contribution >= 0.6 is 23.6 Å². The minimum atomic E-state index is 0. The second-order valence-electron chi connectivity index (χ2n) is 0.0714. The normalized spacial score (nSPS) is 3.60. The van der Waals surface area contributed by atoms with Crippen LogP contribution in [0.3, 0.4) is 0 Å². The van der Waals surface area contributed by atoms with Gasteiger partial charge in [0.1, 0.15) is 0 Å². The quantitative estimate of drug-likeness (QED) is 0.657. The molecule has 5 heteroatoms. The van der Waals surface area contributed by atoms with Gasteiger partial charge in [-0.15, -0.1) is 4.35 Å². The van der Waals surface area contributed by atoms with E-state index >= 15 is 0 Å². The van der Waals surface area contributed by atoms with Gasteiger partial charge < -0.3 is 6.15 Å². The first-order valence-electron chi connectivity index (χ1n) is 0.378. The van der Waals surface area contributed by atoms with E-state index in [0.29, 0.717) is 0 Å². The molecule has 0 aromatic carbocycles. The Labute approximate surface area is 55.3 Å². The molecule has 0 saturated carbocycles. The van der Waals surface area contributed by atoms with E-state index in [9.17, 15) is 0 Å². The molecular weight excluding hydrogens is 294 g/mol. The first-order chi connectivity index (χ1) is 1.41. The maximum Gasteiger partial charge on any atom is 0 e. The fourth-order valence-corrected chi connectivity index (χ4v) is 0. The summed E-state index contributed by atoms with van der Waals surface area (Å²) in [6, 6.07) is 0. The van der Waals surface area contributed by atoms with Crippen LogP contribution in [0.15, 0.2) is 0 Å². The van der Waals surface area contributed by atoms with E-state index in [1.807, 2.05) is 0 Å². The van der Waals surface area contributed by atoms with E-state index in [1.54, 1.807) is 4.35 Å². The van der Waals surface area contributed by atoms with E-state index in [0.717, 1.165) is 0 Å². The Kier molecular flexibility index (Phi) is 62.3. The molecule has 0 atom stereocenters. The molecule has 0 saturated heterocycles. The van der Waals surface area contributed by atoms with Crippen molar-refractivity contribution < 1.29 is 21.1 Å². The fraction of sp³-hybridized carbons (Fsp3) is 0. The summed E-state index contributed by atoms with van der Waals surface area (Å²) < 4.78 is 1.69. The summed E-state index contributed by atoms with van der Waals surface area (Å²) in [5.41, 5.74) is 0. The zero-order valence-electron chi connectivity index (χ0n) is 2.28. The molecule has 38 valence electrons. The fourth-order valence-electron chi connectivity index (χ4n) is 0. The topological polar surface area (TPSA) is 47.0 Å². The van der Waals surface area contributed by atoms with E-state index in [1.165, 1.54) is 0 Å². The summed E-state index contributed by atoms with van der Waals surface area (Å²) >= 11 is 9.03. The Morgan fingerprint density at radius 2 is 1.20 bits per heavy atom. The first-order valence-corrected chi connectivity index (χ1v) is 1.13. The predicted molar refractivity (Wildman–Crippen MR) is 19.9 cm³/mol. The Balaban J connectivity index is -0.0000000200. The number of hydrogen-bond donors (Lipinski definition) is 2. The van der Waals surface area contributed by atoms with Crippen molar-refractivity contribution >= 4 is 23.6 Å². The van der Waals surface area contributed by atoms with Crippen LogP contribution in [0.1, 0.15) is 0 Å². The van der Waals surface area contributed by atoms with Gasteiger partial charge in [0, 0.05) is 21.1 Å². The molecule has 0 spiro atoms. The van der Waals surface area contributed by atoms with Gasteiger partial charge >= 0.3 is 0 Å². The van der Waals surface area contributed by atoms with Crippen molar-refractivity contribution in [2.45, 2.75) is 0 Å². The Hall–Kier alpha value is 1.19. The summed E-state index contributed by atoms with van der Waals surface area (Å²) in [4.78, 5) is 0. The van der Waals surface area contributed by atoms with Crippen molar-refractivity contribution in [3.8, 4) is 0 Å². The summed E-state index contributed by atoms with van der Waals surface area (Å²) in [7, 11) is 0. The molecule has 0 unspecified atom stereocenters. The SMILES string of the molecule is ClNCl.N.[Pt]. The van der Waals surface area contributed by atoms with Gasteiger partial charge in [0.2, 0.25) is 0 Å². The van der Waals surface area contributed by atoms with Gasteiger partial charge in [0.25, 0.3) is 0 Å². The van der Waals surface area contributed by atoms with Crippen LogP contribution < -0.4 is 10.5 Å². The van der Waals surface area contributed by atoms with Crippen LogP contribution in [0.4, 0.5) is 0 Å². The molecule has 0 aliphatic carbocycles. The van der Waals surface area contributed by atoms with E-state index < -0.39 is 0 Å². The number of nitrogens with one attached hydrogen (secondary N) is 1. The maximum absolute atomic E-state index is 4.51. The Bertz CT molecular complexity index is 7.61. The van der Waals surface area contributed by atoms with Gasteiger partial charge in [-0.2, -0.15) is 0 Å². The molecule has 0 aromatic heterocycles. The molecule has 0 amide bonds. The van der Waals surface area contributed by atoms with E-state index in [4.69, 9.17) is 0 Å². The number of rotatable bonds is 0. The number of halogens is 2. The Morgan fingerprint density at radius 3 is 1.20 bits per heavy atom. The first kappa shape index (κ1) is 16.4. The van der Waals surface area contributed by atoms with Gasteiger partial charge in [-0.05, 0) is 23.6 Å². The van der Waals surface area contributed by atoms with Gasteiger partial charge in [0.15, 0.2) is 0 Å². The van der Waals surface area contributed by atoms with Crippen LogP contribution in [0, 0.1) is 0 Å². The Morgan fingerprint density at radius 1 is 1.20 bits per heavy atom. The third-order valence-corrected chi connectivity index (χ3v) is 0. The standard InChI is InChI=1S/Cl2HN.H3N.Pt/c1-3-2;;/h3H;1H3;. The molecule has 0 heterocycles. The van der Waals surface area contributed by atoms with Crippen molar-refractivity contribution in [1.82, 2.24) is 10.5 Å². The third-order valence-electron chi connectivity index (χ3n) is 0. The van der Waals surface area contributed by atoms with Crippen LogP contribution in [-0.4, -0.2) is 0 Å². The molecule has 5 heavy (non-hydrogen) atoms. The zero-order chi connectivity index (χ0) is 2.71. The maximum atomic E-state index is 4.51. The van der Waals surface area contributed by atoms with Crippen molar-refractivity contribution in [2.24, 2.45) is 0 Å². The van der Waals surface area contributed by atoms with Crippen LogP contribution in [0.2, 0.25) is 0 Å². The van der Waals surface area contributed by atoms with Gasteiger partial charge in [-0.25, -0.2) is 0 Å². The molecule has 2 nitrogen and oxygen atoms in total. The summed E-state index contributed by atoms with van der Waals surface area (Å²) in [5, 5.41) is 0. The minimum absolute atomic E-state index is 0. The van der Waals surface area contributed by atoms with Gasteiger partial charge in [-0.3, -0.25) is 0 Å². The molecule has 0 radical (unpaired) electrons. The van der Waals surface area contributed by atoms with E-state index in [-0.39, 0.29) is 27.2 Å². The molecule has 0 rings (SSSR count). The summed E-state index contributed by atoms with van der Waals surface area (Å²) in [5.74, 6) is 0. The third kappa shape index (κ3) is 37.3. The predicted octanol–water partition coefficient (Wildman–Crippen LogP) is 1.04. The number of hydrogen-bond acceptors (Lipinski definition) is 2. The average molecular weight is 298 g/mol. The molecule has 0 aliphatic heterocycles. The van der Waals surface area contributed by atoms with Crippen LogP contribution in [0.5, 0.6) is 0 Å². The van der Waals surface area contributed by atoms with Crippen LogP contribution in [0.25, 0.3) is 0 Å². The molecule has 0 bridgehead atoms. The smallest absolute Gasteiger partial charge is 0 e.